The summed E-state index contributed by atoms with van der Waals surface area (Å²) in [5, 5.41) is 6.82. The van der Waals surface area contributed by atoms with Gasteiger partial charge in [0.1, 0.15) is 0 Å². The van der Waals surface area contributed by atoms with E-state index in [-0.39, 0.29) is 29.9 Å². The number of halogens is 1. The molecule has 2 fully saturated rings. The highest BCUT2D eigenvalue weighted by Crippen LogP contribution is 2.21. The molecule has 3 rings (SSSR count). The maximum Gasteiger partial charge on any atom is 0.227 e. The molecule has 0 aromatic heterocycles. The lowest BCUT2D eigenvalue weighted by molar-refractivity contribution is -0.117. The molecule has 1 amide bonds. The lowest BCUT2D eigenvalue weighted by atomic mass is 10.2. The fourth-order valence-electron chi connectivity index (χ4n) is 3.66. The number of rotatable bonds is 5. The maximum absolute atomic E-state index is 11.8. The first-order chi connectivity index (χ1) is 13.1. The summed E-state index contributed by atoms with van der Waals surface area (Å²) >= 11 is 0. The van der Waals surface area contributed by atoms with Crippen LogP contribution < -0.4 is 15.5 Å². The number of nitrogens with zero attached hydrogens (tertiary/aromatic N) is 4. The van der Waals surface area contributed by atoms with Crippen LogP contribution in [0.2, 0.25) is 0 Å². The molecule has 0 saturated carbocycles. The molecule has 2 heterocycles. The molecule has 0 spiro atoms. The predicted octanol–water partition coefficient (Wildman–Crippen LogP) is 1.34. The normalized spacial score (nSPS) is 21.5. The molecule has 0 radical (unpaired) electrons. The van der Waals surface area contributed by atoms with E-state index >= 15 is 0 Å². The first kappa shape index (κ1) is 22.9. The highest BCUT2D eigenvalue weighted by molar-refractivity contribution is 14.0. The second-order valence-corrected chi connectivity index (χ2v) is 7.52. The number of anilines is 1. The summed E-state index contributed by atoms with van der Waals surface area (Å²) in [6.45, 7) is 5.69. The van der Waals surface area contributed by atoms with Crippen LogP contribution in [-0.2, 0) is 11.3 Å². The van der Waals surface area contributed by atoms with E-state index in [1.165, 1.54) is 5.56 Å². The van der Waals surface area contributed by atoms with Gasteiger partial charge in [0, 0.05) is 64.5 Å². The zero-order valence-corrected chi connectivity index (χ0v) is 19.5. The van der Waals surface area contributed by atoms with E-state index in [0.717, 1.165) is 50.8 Å². The van der Waals surface area contributed by atoms with Crippen molar-refractivity contribution in [1.29, 1.82) is 0 Å². The van der Waals surface area contributed by atoms with Gasteiger partial charge in [-0.15, -0.1) is 24.0 Å². The van der Waals surface area contributed by atoms with E-state index in [9.17, 15) is 4.79 Å². The molecule has 1 unspecified atom stereocenters. The molecule has 2 N–H and O–H groups in total. The fourth-order valence-corrected chi connectivity index (χ4v) is 3.66. The first-order valence-electron chi connectivity index (χ1n) is 9.79. The molecule has 0 bridgehead atoms. The maximum atomic E-state index is 11.8. The van der Waals surface area contributed by atoms with E-state index in [0.29, 0.717) is 19.0 Å². The van der Waals surface area contributed by atoms with Crippen molar-refractivity contribution < 1.29 is 4.79 Å². The Morgan fingerprint density at radius 3 is 2.54 bits per heavy atom. The molecule has 7 nitrogen and oxygen atoms in total. The van der Waals surface area contributed by atoms with Crippen molar-refractivity contribution >= 4 is 41.5 Å². The summed E-state index contributed by atoms with van der Waals surface area (Å²) in [5.74, 6) is 1.04. The molecule has 1 aromatic carbocycles. The second kappa shape index (κ2) is 11.0. The summed E-state index contributed by atoms with van der Waals surface area (Å²) in [6, 6.07) is 8.70. The lowest BCUT2D eigenvalue weighted by Crippen LogP contribution is -2.55. The van der Waals surface area contributed by atoms with Gasteiger partial charge in [-0.05, 0) is 38.2 Å². The number of likely N-dealkylation sites (N-methyl/N-ethyl adjacent to an activating group) is 2. The van der Waals surface area contributed by atoms with Crippen molar-refractivity contribution in [1.82, 2.24) is 20.4 Å². The molecule has 1 aromatic rings. The standard InChI is InChI=1S/C20H32N6O.HI/c1-21-20(23-14-18-15-24(2)11-12-25(18)3)22-13-16-6-8-17(9-7-16)26-10-4-5-19(26)27;/h6-9,18H,4-5,10-15H2,1-3H3,(H2,21,22,23);1H. The summed E-state index contributed by atoms with van der Waals surface area (Å²) in [5.41, 5.74) is 2.16. The van der Waals surface area contributed by atoms with Crippen molar-refractivity contribution in [3.63, 3.8) is 0 Å². The van der Waals surface area contributed by atoms with E-state index in [1.54, 1.807) is 7.05 Å². The fraction of sp³-hybridized carbons (Fsp3) is 0.600. The topological polar surface area (TPSA) is 63.2 Å². The van der Waals surface area contributed by atoms with Gasteiger partial charge in [-0.25, -0.2) is 0 Å². The molecule has 2 aliphatic heterocycles. The Balaban J connectivity index is 0.00000280. The number of hydrogen-bond acceptors (Lipinski definition) is 4. The van der Waals surface area contributed by atoms with Crippen LogP contribution in [0.3, 0.4) is 0 Å². The van der Waals surface area contributed by atoms with E-state index in [1.807, 2.05) is 17.0 Å². The van der Waals surface area contributed by atoms with Gasteiger partial charge >= 0.3 is 0 Å². The second-order valence-electron chi connectivity index (χ2n) is 7.52. The largest absolute Gasteiger partial charge is 0.355 e. The monoisotopic (exact) mass is 500 g/mol. The van der Waals surface area contributed by atoms with E-state index in [4.69, 9.17) is 0 Å². The highest BCUT2D eigenvalue weighted by Gasteiger charge is 2.22. The van der Waals surface area contributed by atoms with Gasteiger partial charge in [-0.2, -0.15) is 0 Å². The van der Waals surface area contributed by atoms with Crippen LogP contribution in [0.1, 0.15) is 18.4 Å². The summed E-state index contributed by atoms with van der Waals surface area (Å²) < 4.78 is 0. The third-order valence-corrected chi connectivity index (χ3v) is 5.49. The molecular formula is C20H33IN6O. The Morgan fingerprint density at radius 2 is 1.89 bits per heavy atom. The van der Waals surface area contributed by atoms with Crippen LogP contribution in [0.25, 0.3) is 0 Å². The molecule has 28 heavy (non-hydrogen) atoms. The highest BCUT2D eigenvalue weighted by atomic mass is 127. The quantitative estimate of drug-likeness (QED) is 0.363. The Morgan fingerprint density at radius 1 is 1.14 bits per heavy atom. The van der Waals surface area contributed by atoms with Crippen molar-refractivity contribution in [3.8, 4) is 0 Å². The van der Waals surface area contributed by atoms with E-state index in [2.05, 4.69) is 51.7 Å². The van der Waals surface area contributed by atoms with Crippen LogP contribution in [0.15, 0.2) is 29.3 Å². The molecule has 156 valence electrons. The van der Waals surface area contributed by atoms with Crippen LogP contribution in [0.5, 0.6) is 0 Å². The Labute approximate surface area is 185 Å². The third-order valence-electron chi connectivity index (χ3n) is 5.49. The van der Waals surface area contributed by atoms with Crippen LogP contribution in [-0.4, -0.2) is 81.6 Å². The van der Waals surface area contributed by atoms with Crippen molar-refractivity contribution in [2.24, 2.45) is 4.99 Å². The molecular weight excluding hydrogens is 467 g/mol. The van der Waals surface area contributed by atoms with Gasteiger partial charge in [-0.1, -0.05) is 12.1 Å². The molecule has 1 atom stereocenters. The predicted molar refractivity (Wildman–Crippen MR) is 126 cm³/mol. The van der Waals surface area contributed by atoms with Gasteiger partial charge in [0.05, 0.1) is 0 Å². The summed E-state index contributed by atoms with van der Waals surface area (Å²) in [7, 11) is 6.16. The molecule has 2 saturated heterocycles. The number of hydrogen-bond donors (Lipinski definition) is 2. The van der Waals surface area contributed by atoms with Gasteiger partial charge in [0.15, 0.2) is 5.96 Å². The third kappa shape index (κ3) is 6.05. The smallest absolute Gasteiger partial charge is 0.227 e. The SMILES string of the molecule is CN=C(NCc1ccc(N2CCCC2=O)cc1)NCC1CN(C)CCN1C.I. The number of nitrogens with one attached hydrogen (secondary N) is 2. The number of aliphatic imine (C=N–C) groups is 1. The van der Waals surface area contributed by atoms with Crippen molar-refractivity contribution in [2.75, 3.05) is 58.8 Å². The lowest BCUT2D eigenvalue weighted by Gasteiger charge is -2.37. The van der Waals surface area contributed by atoms with Gasteiger partial charge in [0.25, 0.3) is 0 Å². The number of benzene rings is 1. The van der Waals surface area contributed by atoms with Crippen molar-refractivity contribution in [2.45, 2.75) is 25.4 Å². The molecule has 0 aliphatic carbocycles. The number of carbonyl (C=O) groups is 1. The summed E-state index contributed by atoms with van der Waals surface area (Å²) in [6.07, 6.45) is 1.62. The minimum absolute atomic E-state index is 0. The first-order valence-corrected chi connectivity index (χ1v) is 9.79. The summed E-state index contributed by atoms with van der Waals surface area (Å²) in [4.78, 5) is 22.8. The number of piperazine rings is 1. The number of carbonyl (C=O) groups excluding carboxylic acids is 1. The number of amides is 1. The zero-order valence-electron chi connectivity index (χ0n) is 17.1. The van der Waals surface area contributed by atoms with Crippen LogP contribution in [0.4, 0.5) is 5.69 Å². The Bertz CT molecular complexity index is 665. The zero-order chi connectivity index (χ0) is 19.2. The van der Waals surface area contributed by atoms with Crippen LogP contribution >= 0.6 is 24.0 Å². The van der Waals surface area contributed by atoms with Gasteiger partial charge in [-0.3, -0.25) is 14.7 Å². The average molecular weight is 500 g/mol. The van der Waals surface area contributed by atoms with Crippen LogP contribution in [0, 0.1) is 0 Å². The minimum atomic E-state index is 0. The molecule has 8 heteroatoms. The minimum Gasteiger partial charge on any atom is -0.355 e. The van der Waals surface area contributed by atoms with E-state index < -0.39 is 0 Å². The van der Waals surface area contributed by atoms with Gasteiger partial charge < -0.3 is 20.4 Å². The number of guanidine groups is 1. The molecule has 2 aliphatic rings. The Kier molecular flexibility index (Phi) is 8.97. The van der Waals surface area contributed by atoms with Crippen molar-refractivity contribution in [3.05, 3.63) is 29.8 Å². The Hall–Kier alpha value is -1.39. The average Bonchev–Trinajstić information content (AvgIpc) is 3.11. The van der Waals surface area contributed by atoms with Gasteiger partial charge in [0.2, 0.25) is 5.91 Å².